The number of benzene rings is 2. The van der Waals surface area contributed by atoms with Gasteiger partial charge in [0.1, 0.15) is 0 Å². The summed E-state index contributed by atoms with van der Waals surface area (Å²) >= 11 is 0. The molecule has 0 atom stereocenters. The second-order valence-electron chi connectivity index (χ2n) is 6.50. The Labute approximate surface area is 146 Å². The monoisotopic (exact) mass is 332 g/mol. The zero-order chi connectivity index (χ0) is 17.2. The Kier molecular flexibility index (Phi) is 4.10. The van der Waals surface area contributed by atoms with E-state index in [1.54, 1.807) is 4.90 Å². The number of para-hydroxylation sites is 1. The van der Waals surface area contributed by atoms with Crippen molar-refractivity contribution in [1.29, 1.82) is 0 Å². The number of Topliss-reactive ketones (excluding diaryl/α,β-unsaturated/α-hetero) is 1. The van der Waals surface area contributed by atoms with E-state index in [-0.39, 0.29) is 5.91 Å². The van der Waals surface area contributed by atoms with Crippen LogP contribution in [0.25, 0.3) is 10.9 Å². The van der Waals surface area contributed by atoms with Crippen LogP contribution in [0.5, 0.6) is 0 Å². The summed E-state index contributed by atoms with van der Waals surface area (Å²) in [5.74, 6) is -0.773. The molecule has 0 bridgehead atoms. The summed E-state index contributed by atoms with van der Waals surface area (Å²) in [4.78, 5) is 27.0. The van der Waals surface area contributed by atoms with Gasteiger partial charge in [-0.1, -0.05) is 48.5 Å². The number of carbonyl (C=O) groups excluding carboxylic acids is 2. The van der Waals surface area contributed by atoms with Crippen LogP contribution in [0.15, 0.2) is 60.8 Å². The molecule has 4 heteroatoms. The molecule has 0 aliphatic carbocycles. The van der Waals surface area contributed by atoms with Crippen molar-refractivity contribution in [2.45, 2.75) is 19.4 Å². The zero-order valence-electron chi connectivity index (χ0n) is 14.0. The number of carbonyl (C=O) groups is 2. The van der Waals surface area contributed by atoms with Crippen molar-refractivity contribution >= 4 is 22.6 Å². The second kappa shape index (κ2) is 6.55. The quantitative estimate of drug-likeness (QED) is 0.542. The molecule has 2 heterocycles. The summed E-state index contributed by atoms with van der Waals surface area (Å²) in [7, 11) is 0. The molecule has 0 radical (unpaired) electrons. The molecule has 4 rings (SSSR count). The van der Waals surface area contributed by atoms with Gasteiger partial charge in [-0.3, -0.25) is 9.59 Å². The lowest BCUT2D eigenvalue weighted by Gasteiger charge is -2.13. The number of rotatable bonds is 4. The Morgan fingerprint density at radius 3 is 2.32 bits per heavy atom. The van der Waals surface area contributed by atoms with Gasteiger partial charge in [-0.2, -0.15) is 0 Å². The molecule has 2 aromatic carbocycles. The lowest BCUT2D eigenvalue weighted by molar-refractivity contribution is -0.125. The van der Waals surface area contributed by atoms with E-state index in [1.165, 1.54) is 0 Å². The number of nitrogens with zero attached hydrogens (tertiary/aromatic N) is 2. The average Bonchev–Trinajstić information content (AvgIpc) is 3.30. The molecular formula is C21H20N2O2. The van der Waals surface area contributed by atoms with Crippen LogP contribution in [0.1, 0.15) is 28.8 Å². The van der Waals surface area contributed by atoms with Gasteiger partial charge in [0.05, 0.1) is 5.56 Å². The predicted molar refractivity (Wildman–Crippen MR) is 97.6 cm³/mol. The van der Waals surface area contributed by atoms with Gasteiger partial charge in [-0.15, -0.1) is 0 Å². The molecule has 1 aliphatic heterocycles. The number of hydrogen-bond acceptors (Lipinski definition) is 2. The second-order valence-corrected chi connectivity index (χ2v) is 6.50. The van der Waals surface area contributed by atoms with E-state index >= 15 is 0 Å². The van der Waals surface area contributed by atoms with Crippen LogP contribution in [-0.2, 0) is 11.3 Å². The van der Waals surface area contributed by atoms with Crippen LogP contribution < -0.4 is 0 Å². The highest BCUT2D eigenvalue weighted by molar-refractivity contribution is 6.44. The first-order valence-electron chi connectivity index (χ1n) is 8.69. The molecule has 0 unspecified atom stereocenters. The molecule has 0 N–H and O–H groups in total. The van der Waals surface area contributed by atoms with Crippen LogP contribution in [0.3, 0.4) is 0 Å². The maximum Gasteiger partial charge on any atom is 0.295 e. The Bertz CT molecular complexity index is 921. The molecular weight excluding hydrogens is 312 g/mol. The molecule has 25 heavy (non-hydrogen) atoms. The van der Waals surface area contributed by atoms with Crippen molar-refractivity contribution in [3.63, 3.8) is 0 Å². The molecule has 0 saturated carbocycles. The molecule has 0 spiro atoms. The lowest BCUT2D eigenvalue weighted by Crippen LogP contribution is -2.34. The molecule has 1 fully saturated rings. The normalized spacial score (nSPS) is 14.2. The summed E-state index contributed by atoms with van der Waals surface area (Å²) in [6, 6.07) is 17.9. The number of ketones is 1. The van der Waals surface area contributed by atoms with Crippen molar-refractivity contribution in [2.75, 3.05) is 13.1 Å². The van der Waals surface area contributed by atoms with Gasteiger partial charge in [-0.25, -0.2) is 0 Å². The van der Waals surface area contributed by atoms with E-state index in [9.17, 15) is 9.59 Å². The fraction of sp³-hybridized carbons (Fsp3) is 0.238. The highest BCUT2D eigenvalue weighted by Gasteiger charge is 2.27. The molecule has 1 amide bonds. The van der Waals surface area contributed by atoms with E-state index in [0.29, 0.717) is 25.2 Å². The SMILES string of the molecule is O=C(C(=O)N1CCCC1)c1cn(Cc2ccccc2)c2ccccc12. The topological polar surface area (TPSA) is 42.3 Å². The Morgan fingerprint density at radius 2 is 1.56 bits per heavy atom. The van der Waals surface area contributed by atoms with Crippen molar-refractivity contribution in [1.82, 2.24) is 9.47 Å². The van der Waals surface area contributed by atoms with E-state index in [0.717, 1.165) is 29.3 Å². The van der Waals surface area contributed by atoms with Crippen LogP contribution in [0, 0.1) is 0 Å². The number of aromatic nitrogens is 1. The van der Waals surface area contributed by atoms with Crippen molar-refractivity contribution in [3.05, 3.63) is 71.9 Å². The Balaban J connectivity index is 1.72. The van der Waals surface area contributed by atoms with E-state index in [4.69, 9.17) is 0 Å². The van der Waals surface area contributed by atoms with Gasteiger partial charge in [0, 0.05) is 36.7 Å². The minimum atomic E-state index is -0.398. The first-order chi connectivity index (χ1) is 12.2. The van der Waals surface area contributed by atoms with E-state index < -0.39 is 5.78 Å². The zero-order valence-corrected chi connectivity index (χ0v) is 14.0. The van der Waals surface area contributed by atoms with Crippen molar-refractivity contribution in [2.24, 2.45) is 0 Å². The van der Waals surface area contributed by atoms with Gasteiger partial charge < -0.3 is 9.47 Å². The standard InChI is InChI=1S/C21H20N2O2/c24-20(21(25)22-12-6-7-13-22)18-15-23(14-16-8-2-1-3-9-16)19-11-5-4-10-17(18)19/h1-5,8-11,15H,6-7,12-14H2. The largest absolute Gasteiger partial charge is 0.342 e. The average molecular weight is 332 g/mol. The smallest absolute Gasteiger partial charge is 0.295 e. The number of likely N-dealkylation sites (tertiary alicyclic amines) is 1. The minimum absolute atomic E-state index is 0.375. The molecule has 126 valence electrons. The van der Waals surface area contributed by atoms with E-state index in [1.807, 2.05) is 48.7 Å². The summed E-state index contributed by atoms with van der Waals surface area (Å²) in [6.07, 6.45) is 3.79. The molecule has 1 aliphatic rings. The van der Waals surface area contributed by atoms with Crippen LogP contribution in [0.2, 0.25) is 0 Å². The van der Waals surface area contributed by atoms with Gasteiger partial charge in [0.2, 0.25) is 0 Å². The van der Waals surface area contributed by atoms with Crippen molar-refractivity contribution in [3.8, 4) is 0 Å². The van der Waals surface area contributed by atoms with Crippen LogP contribution in [-0.4, -0.2) is 34.2 Å². The highest BCUT2D eigenvalue weighted by atomic mass is 16.2. The van der Waals surface area contributed by atoms with Gasteiger partial charge in [-0.05, 0) is 24.5 Å². The molecule has 3 aromatic rings. The summed E-state index contributed by atoms with van der Waals surface area (Å²) in [6.45, 7) is 2.05. The lowest BCUT2D eigenvalue weighted by atomic mass is 10.1. The maximum atomic E-state index is 12.8. The third-order valence-corrected chi connectivity index (χ3v) is 4.82. The van der Waals surface area contributed by atoms with E-state index in [2.05, 4.69) is 16.7 Å². The summed E-state index contributed by atoms with van der Waals surface area (Å²) in [5.41, 5.74) is 2.64. The summed E-state index contributed by atoms with van der Waals surface area (Å²) in [5, 5.41) is 0.843. The van der Waals surface area contributed by atoms with Crippen molar-refractivity contribution < 1.29 is 9.59 Å². The molecule has 4 nitrogen and oxygen atoms in total. The third kappa shape index (κ3) is 2.95. The first kappa shape index (κ1) is 15.6. The molecule has 1 aromatic heterocycles. The Hall–Kier alpha value is -2.88. The third-order valence-electron chi connectivity index (χ3n) is 4.82. The van der Waals surface area contributed by atoms with Crippen LogP contribution >= 0.6 is 0 Å². The van der Waals surface area contributed by atoms with Crippen LogP contribution in [0.4, 0.5) is 0 Å². The fourth-order valence-electron chi connectivity index (χ4n) is 3.52. The maximum absolute atomic E-state index is 12.8. The predicted octanol–water partition coefficient (Wildman–Crippen LogP) is 3.49. The fourth-order valence-corrected chi connectivity index (χ4v) is 3.52. The highest BCUT2D eigenvalue weighted by Crippen LogP contribution is 2.24. The first-order valence-corrected chi connectivity index (χ1v) is 8.69. The van der Waals surface area contributed by atoms with Gasteiger partial charge in [0.25, 0.3) is 11.7 Å². The number of hydrogen-bond donors (Lipinski definition) is 0. The summed E-state index contributed by atoms with van der Waals surface area (Å²) < 4.78 is 2.05. The number of amides is 1. The van der Waals surface area contributed by atoms with Gasteiger partial charge in [0.15, 0.2) is 0 Å². The number of fused-ring (bicyclic) bond motifs is 1. The molecule has 1 saturated heterocycles. The minimum Gasteiger partial charge on any atom is -0.342 e. The van der Waals surface area contributed by atoms with Gasteiger partial charge >= 0.3 is 0 Å². The Morgan fingerprint density at radius 1 is 0.880 bits per heavy atom.